The molecule has 6 heteroatoms. The molecule has 73 heavy (non-hydrogen) atoms. The molecule has 0 bridgehead atoms. The zero-order chi connectivity index (χ0) is 49.1. The summed E-state index contributed by atoms with van der Waals surface area (Å²) in [5.74, 6) is 0. The van der Waals surface area contributed by atoms with E-state index in [1.54, 1.807) is 0 Å². The monoisotopic (exact) mass is 967 g/mol. The average Bonchev–Trinajstić information content (AvgIpc) is 3.93. The summed E-state index contributed by atoms with van der Waals surface area (Å²) in [5, 5.41) is 6.06. The van der Waals surface area contributed by atoms with Crippen molar-refractivity contribution in [3.05, 3.63) is 230 Å². The number of rotatable bonds is 5. The lowest BCUT2D eigenvalue weighted by atomic mass is 9.33. The van der Waals surface area contributed by atoms with Gasteiger partial charge < -0.3 is 14.7 Å². The Kier molecular flexibility index (Phi) is 8.83. The van der Waals surface area contributed by atoms with Crippen molar-refractivity contribution in [1.82, 2.24) is 0 Å². The van der Waals surface area contributed by atoms with E-state index in [2.05, 4.69) is 273 Å². The Morgan fingerprint density at radius 1 is 0.397 bits per heavy atom. The summed E-state index contributed by atoms with van der Waals surface area (Å²) < 4.78 is 0. The molecule has 0 unspecified atom stereocenters. The van der Waals surface area contributed by atoms with Gasteiger partial charge >= 0.3 is 0 Å². The lowest BCUT2D eigenvalue weighted by Gasteiger charge is -2.46. The normalized spacial score (nSPS) is 15.8. The molecule has 0 saturated carbocycles. The minimum absolute atomic E-state index is 0.0477. The van der Waals surface area contributed by atoms with Crippen LogP contribution in [0.5, 0.6) is 0 Å². The van der Waals surface area contributed by atoms with Gasteiger partial charge in [-0.25, -0.2) is 0 Å². The summed E-state index contributed by atoms with van der Waals surface area (Å²) in [6, 6.07) is 83.6. The number of nitrogens with zero attached hydrogens (tertiary/aromatic N) is 3. The van der Waals surface area contributed by atoms with Crippen molar-refractivity contribution in [2.75, 3.05) is 14.7 Å². The largest absolute Gasteiger partial charge is 0.311 e. The highest BCUT2D eigenvalue weighted by molar-refractivity contribution is 7.06. The smallest absolute Gasteiger partial charge is 0.252 e. The number of hydrogen-bond donors (Lipinski definition) is 0. The van der Waals surface area contributed by atoms with Gasteiger partial charge in [0, 0.05) is 61.9 Å². The molecule has 0 aromatic heterocycles. The minimum atomic E-state index is -2.09. The Labute approximate surface area is 431 Å². The van der Waals surface area contributed by atoms with Crippen molar-refractivity contribution in [1.29, 1.82) is 0 Å². The maximum Gasteiger partial charge on any atom is 0.252 e. The molecule has 348 valence electrons. The molecule has 0 spiro atoms. The second-order valence-corrected chi connectivity index (χ2v) is 31.1. The Hall–Kier alpha value is -7.90. The second-order valence-electron chi connectivity index (χ2n) is 22.4. The molecule has 5 aliphatic rings. The van der Waals surface area contributed by atoms with Crippen LogP contribution in [0, 0.1) is 0 Å². The Balaban J connectivity index is 1.12. The maximum absolute atomic E-state index is 2.67. The van der Waals surface area contributed by atoms with Crippen molar-refractivity contribution < 1.29 is 0 Å². The van der Waals surface area contributed by atoms with Crippen molar-refractivity contribution in [2.24, 2.45) is 0 Å². The molecule has 0 atom stereocenters. The fraction of sp³-hybridized carbons (Fsp3) is 0.104. The molecule has 3 nitrogen and oxygen atoms in total. The van der Waals surface area contributed by atoms with E-state index in [1.165, 1.54) is 110 Å². The summed E-state index contributed by atoms with van der Waals surface area (Å²) in [4.78, 5) is 7.91. The highest BCUT2D eigenvalue weighted by atomic mass is 28.3. The van der Waals surface area contributed by atoms with Gasteiger partial charge in [-0.05, 0) is 120 Å². The van der Waals surface area contributed by atoms with E-state index in [0.29, 0.717) is 0 Å². The van der Waals surface area contributed by atoms with E-state index in [4.69, 9.17) is 0 Å². The first-order chi connectivity index (χ1) is 35.5. The molecule has 0 fully saturated rings. The van der Waals surface area contributed by atoms with E-state index >= 15 is 0 Å². The van der Waals surface area contributed by atoms with Gasteiger partial charge in [0.1, 0.15) is 16.1 Å². The van der Waals surface area contributed by atoms with Crippen LogP contribution in [0.1, 0.15) is 25.0 Å². The van der Waals surface area contributed by atoms with Crippen molar-refractivity contribution >= 4 is 111 Å². The van der Waals surface area contributed by atoms with Crippen LogP contribution >= 0.6 is 0 Å². The van der Waals surface area contributed by atoms with Crippen LogP contribution in [0.3, 0.4) is 0 Å². The number of benzene rings is 10. The molecule has 0 N–H and O–H groups in total. The molecular formula is C67H54BN3Si2. The van der Waals surface area contributed by atoms with Crippen LogP contribution < -0.4 is 51.8 Å². The van der Waals surface area contributed by atoms with Crippen molar-refractivity contribution in [3.8, 4) is 33.4 Å². The van der Waals surface area contributed by atoms with E-state index < -0.39 is 16.1 Å². The van der Waals surface area contributed by atoms with E-state index in [-0.39, 0.29) is 12.1 Å². The third-order valence-electron chi connectivity index (χ3n) is 17.6. The van der Waals surface area contributed by atoms with Crippen LogP contribution in [-0.4, -0.2) is 22.9 Å². The summed E-state index contributed by atoms with van der Waals surface area (Å²) in [5.41, 5.74) is 25.6. The standard InChI is InChI=1S/C67H54BN3Si2/c1-67(2)50-32-19-16-29-47(50)61-51(67)33-22-34-54(61)69(43-23-10-7-11-24-43)46-41-55-64-56(42-46)71(45-27-14-9-15-28-45)66-53(38-40-60-63(66)49-31-18-21-36-58(49)73(60,5)6)68(64)52-37-39-59-62(48-30-17-20-35-57(48)72(59,3)4)65(52)70(55)44-25-12-8-13-26-44/h7-42H,1-6H3. The second kappa shape index (κ2) is 15.1. The van der Waals surface area contributed by atoms with E-state index in [0.717, 1.165) is 22.7 Å². The van der Waals surface area contributed by atoms with Crippen LogP contribution in [-0.2, 0) is 5.41 Å². The first-order valence-electron chi connectivity index (χ1n) is 26.1. The van der Waals surface area contributed by atoms with Gasteiger partial charge in [0.05, 0.1) is 11.4 Å². The maximum atomic E-state index is 2.67. The number of anilines is 9. The molecule has 15 rings (SSSR count). The van der Waals surface area contributed by atoms with Crippen LogP contribution in [0.2, 0.25) is 26.2 Å². The van der Waals surface area contributed by atoms with E-state index in [1.807, 2.05) is 0 Å². The fourth-order valence-electron chi connectivity index (χ4n) is 14.3. The average molecular weight is 968 g/mol. The molecule has 4 heterocycles. The molecule has 0 radical (unpaired) electrons. The highest BCUT2D eigenvalue weighted by Crippen LogP contribution is 2.56. The number of para-hydroxylation sites is 3. The number of hydrogen-bond acceptors (Lipinski definition) is 3. The molecule has 1 aliphatic carbocycles. The van der Waals surface area contributed by atoms with Gasteiger partial charge in [-0.3, -0.25) is 0 Å². The molecule has 10 aromatic rings. The van der Waals surface area contributed by atoms with Crippen LogP contribution in [0.15, 0.2) is 218 Å². The zero-order valence-corrected chi connectivity index (χ0v) is 44.2. The van der Waals surface area contributed by atoms with Gasteiger partial charge in [-0.15, -0.1) is 0 Å². The highest BCUT2D eigenvalue weighted by Gasteiger charge is 2.51. The van der Waals surface area contributed by atoms with Gasteiger partial charge in [0.2, 0.25) is 0 Å². The van der Waals surface area contributed by atoms with Gasteiger partial charge in [-0.1, -0.05) is 204 Å². The van der Waals surface area contributed by atoms with Crippen molar-refractivity contribution in [2.45, 2.75) is 45.5 Å². The molecule has 0 amide bonds. The Bertz CT molecular complexity index is 3800. The molecule has 10 aromatic carbocycles. The van der Waals surface area contributed by atoms with Crippen LogP contribution in [0.25, 0.3) is 33.4 Å². The molecule has 0 saturated heterocycles. The van der Waals surface area contributed by atoms with E-state index in [9.17, 15) is 0 Å². The van der Waals surface area contributed by atoms with Crippen LogP contribution in [0.4, 0.5) is 51.2 Å². The third-order valence-corrected chi connectivity index (χ3v) is 24.7. The van der Waals surface area contributed by atoms with Gasteiger partial charge in [-0.2, -0.15) is 0 Å². The lowest BCUT2D eigenvalue weighted by Crippen LogP contribution is -2.62. The Morgan fingerprint density at radius 2 is 0.849 bits per heavy atom. The first-order valence-corrected chi connectivity index (χ1v) is 32.1. The predicted octanol–water partition coefficient (Wildman–Crippen LogP) is 13.2. The lowest BCUT2D eigenvalue weighted by molar-refractivity contribution is 0.660. The third kappa shape index (κ3) is 5.65. The first kappa shape index (κ1) is 42.7. The van der Waals surface area contributed by atoms with Gasteiger partial charge in [0.25, 0.3) is 6.71 Å². The quantitative estimate of drug-likeness (QED) is 0.159. The molecule has 4 aliphatic heterocycles. The number of fused-ring (bicyclic) bond motifs is 15. The van der Waals surface area contributed by atoms with Crippen molar-refractivity contribution in [3.63, 3.8) is 0 Å². The summed E-state index contributed by atoms with van der Waals surface area (Å²) in [7, 11) is -4.19. The predicted molar refractivity (Wildman–Crippen MR) is 317 cm³/mol. The summed E-state index contributed by atoms with van der Waals surface area (Å²) in [6.45, 7) is 15.0. The Morgan fingerprint density at radius 3 is 1.38 bits per heavy atom. The zero-order valence-electron chi connectivity index (χ0n) is 42.2. The SMILES string of the molecule is CC1(C)c2ccccc2-c2c(N(c3ccccc3)c3cc4c5c(c3)N(c3ccccc3)c3c(ccc6c3-c3ccccc3[Si]6(C)C)B5c3ccc5c(c3N4c3ccccc3)-c3ccccc3[Si]5(C)C)cccc21. The summed E-state index contributed by atoms with van der Waals surface area (Å²) >= 11 is 0. The minimum Gasteiger partial charge on any atom is -0.311 e. The topological polar surface area (TPSA) is 9.72 Å². The fourth-order valence-corrected chi connectivity index (χ4v) is 20.4. The van der Waals surface area contributed by atoms with Gasteiger partial charge in [0.15, 0.2) is 0 Å². The molecular weight excluding hydrogens is 914 g/mol. The summed E-state index contributed by atoms with van der Waals surface area (Å²) in [6.07, 6.45) is 0.